The average Bonchev–Trinajstić information content (AvgIpc) is 4.28. The van der Waals surface area contributed by atoms with Crippen molar-refractivity contribution in [2.24, 2.45) is 23.2 Å². The summed E-state index contributed by atoms with van der Waals surface area (Å²) in [6.07, 6.45) is 4.01. The number of anilines is 2. The van der Waals surface area contributed by atoms with Gasteiger partial charge in [-0.1, -0.05) is 72.4 Å². The molecule has 17 heteroatoms. The minimum atomic E-state index is -0.747. The van der Waals surface area contributed by atoms with E-state index in [0.717, 1.165) is 90.5 Å². The fraction of sp³-hybridized carbons (Fsp3) is 0.450. The molecule has 17 nitrogen and oxygen atoms in total. The van der Waals surface area contributed by atoms with Crippen LogP contribution in [0, 0.1) is 35.0 Å². The molecule has 3 aliphatic heterocycles. The highest BCUT2D eigenvalue weighted by Crippen LogP contribution is 2.38. The van der Waals surface area contributed by atoms with E-state index in [0.29, 0.717) is 53.0 Å². The average molecular weight is 1050 g/mol. The van der Waals surface area contributed by atoms with Crippen molar-refractivity contribution >= 4 is 63.3 Å². The predicted octanol–water partition coefficient (Wildman–Crippen LogP) is 10.1. The lowest BCUT2D eigenvalue weighted by atomic mass is 9.75. The maximum atomic E-state index is 14.6. The van der Waals surface area contributed by atoms with Gasteiger partial charge in [0.25, 0.3) is 5.91 Å². The number of ether oxygens (including phenoxy) is 2. The first-order valence-electron chi connectivity index (χ1n) is 27.0. The van der Waals surface area contributed by atoms with E-state index in [-0.39, 0.29) is 47.1 Å². The fourth-order valence-corrected chi connectivity index (χ4v) is 11.1. The molecule has 5 heterocycles. The van der Waals surface area contributed by atoms with Crippen molar-refractivity contribution < 1.29 is 33.4 Å². The van der Waals surface area contributed by atoms with E-state index in [1.54, 1.807) is 9.80 Å². The van der Waals surface area contributed by atoms with Gasteiger partial charge in [-0.15, -0.1) is 0 Å². The molecular formula is C60H72N10O7. The number of nitrogens with one attached hydrogen (secondary N) is 5. The van der Waals surface area contributed by atoms with E-state index < -0.39 is 24.3 Å². The summed E-state index contributed by atoms with van der Waals surface area (Å²) >= 11 is 0. The molecule has 4 aromatic carbocycles. The van der Waals surface area contributed by atoms with Gasteiger partial charge in [-0.05, 0) is 140 Å². The van der Waals surface area contributed by atoms with Gasteiger partial charge in [0.2, 0.25) is 11.8 Å². The van der Waals surface area contributed by atoms with Crippen LogP contribution in [0.5, 0.6) is 0 Å². The van der Waals surface area contributed by atoms with Gasteiger partial charge in [0.1, 0.15) is 23.7 Å². The standard InChI is InChI=1S/C60H72N10O7/c1-35(2)51(66-58(74)76-8)56(72)69-28-10-12-49(69)53-62-45-24-15-37(32-47(45)64-53)14-16-38-17-18-39(33-44(38)55(71)61-42-20-22-43(23-21-42)68-30-26-41(27-31-68)60(5,6)7)40-19-25-46-48(34-40)65-54(63-46)50-13-11-29-70(50)57(73)52(36(3)4)67-59(75)77-9/h15,17-25,32-36,41,49-52H,10-13,26-31H2,1-9H3,(H,61,71)(H,62,64)(H,63,65)(H,66,74)(H,67,75)/t49-,50-,51-,52?/m0/s1. The van der Waals surface area contributed by atoms with Crippen LogP contribution in [0.2, 0.25) is 0 Å². The number of alkyl carbamates (subject to hydrolysis) is 2. The first kappa shape index (κ1) is 53.9. The Hall–Kier alpha value is -7.87. The van der Waals surface area contributed by atoms with Crippen molar-refractivity contribution in [2.45, 2.75) is 111 Å². The van der Waals surface area contributed by atoms with Gasteiger partial charge < -0.3 is 50.1 Å². The van der Waals surface area contributed by atoms with E-state index in [1.165, 1.54) is 14.2 Å². The van der Waals surface area contributed by atoms with Gasteiger partial charge >= 0.3 is 12.2 Å². The highest BCUT2D eigenvalue weighted by molar-refractivity contribution is 6.07. The Kier molecular flexibility index (Phi) is 15.9. The van der Waals surface area contributed by atoms with Gasteiger partial charge in [-0.2, -0.15) is 0 Å². The molecule has 0 spiro atoms. The number of nitrogens with zero attached hydrogens (tertiary/aromatic N) is 5. The Labute approximate surface area is 450 Å². The van der Waals surface area contributed by atoms with Crippen molar-refractivity contribution in [2.75, 3.05) is 50.6 Å². The van der Waals surface area contributed by atoms with Crippen molar-refractivity contribution in [1.82, 2.24) is 40.4 Å². The molecule has 5 N–H and O–H groups in total. The number of likely N-dealkylation sites (tertiary alicyclic amines) is 2. The van der Waals surface area contributed by atoms with Crippen molar-refractivity contribution in [3.63, 3.8) is 0 Å². The molecule has 1 unspecified atom stereocenters. The van der Waals surface area contributed by atoms with Gasteiger partial charge in [0.05, 0.1) is 53.9 Å². The largest absolute Gasteiger partial charge is 0.453 e. The van der Waals surface area contributed by atoms with E-state index in [9.17, 15) is 24.0 Å². The number of H-pyrrole nitrogens is 2. The third-order valence-electron chi connectivity index (χ3n) is 15.6. The number of imidazole rings is 2. The third kappa shape index (κ3) is 11.9. The molecule has 0 radical (unpaired) electrons. The number of benzene rings is 4. The zero-order valence-electron chi connectivity index (χ0n) is 45.7. The Morgan fingerprint density at radius 3 is 1.69 bits per heavy atom. The second-order valence-corrected chi connectivity index (χ2v) is 22.4. The normalized spacial score (nSPS) is 17.8. The summed E-state index contributed by atoms with van der Waals surface area (Å²) in [7, 11) is 2.56. The Morgan fingerprint density at radius 2 is 1.16 bits per heavy atom. The summed E-state index contributed by atoms with van der Waals surface area (Å²) in [5.41, 5.74) is 8.37. The van der Waals surface area contributed by atoms with Gasteiger partial charge in [-0.25, -0.2) is 19.6 Å². The minimum absolute atomic E-state index is 0.154. The summed E-state index contributed by atoms with van der Waals surface area (Å²) in [5, 5.41) is 8.58. The lowest BCUT2D eigenvalue weighted by Gasteiger charge is -2.39. The van der Waals surface area contributed by atoms with Crippen LogP contribution in [0.3, 0.4) is 0 Å². The monoisotopic (exact) mass is 1040 g/mol. The molecule has 0 bridgehead atoms. The molecule has 6 aromatic rings. The van der Waals surface area contributed by atoms with Crippen LogP contribution in [0.15, 0.2) is 78.9 Å². The molecule has 0 saturated carbocycles. The SMILES string of the molecule is COC(=O)NC(C(=O)N1CCC[C@H]1c1nc2ccc(-c3ccc(C#Cc4ccc5nc([C@@H]6CCCN6C(=O)[C@@H](NC(=O)OC)C(C)C)[nH]c5c4)c(C(=O)Nc4ccc(N5CCC(C(C)(C)C)CC5)cc4)c3)cc2[nH]1)C(C)C. The van der Waals surface area contributed by atoms with Gasteiger partial charge in [0.15, 0.2) is 0 Å². The summed E-state index contributed by atoms with van der Waals surface area (Å²) in [4.78, 5) is 89.4. The number of piperidine rings is 1. The molecule has 5 amide bonds. The summed E-state index contributed by atoms with van der Waals surface area (Å²) in [6.45, 7) is 17.6. The van der Waals surface area contributed by atoms with Crippen molar-refractivity contribution in [3.8, 4) is 23.0 Å². The Morgan fingerprint density at radius 1 is 0.636 bits per heavy atom. The third-order valence-corrected chi connectivity index (χ3v) is 15.6. The maximum absolute atomic E-state index is 14.6. The second-order valence-electron chi connectivity index (χ2n) is 22.4. The number of amides is 5. The van der Waals surface area contributed by atoms with E-state index in [1.807, 2.05) is 94.4 Å². The van der Waals surface area contributed by atoms with E-state index in [2.05, 4.69) is 75.6 Å². The number of hydrogen-bond acceptors (Lipinski definition) is 10. The lowest BCUT2D eigenvalue weighted by Crippen LogP contribution is -2.51. The summed E-state index contributed by atoms with van der Waals surface area (Å²) in [6, 6.07) is 23.3. The molecule has 3 aliphatic rings. The number of aromatic amines is 2. The molecule has 404 valence electrons. The summed E-state index contributed by atoms with van der Waals surface area (Å²) < 4.78 is 9.63. The predicted molar refractivity (Wildman–Crippen MR) is 298 cm³/mol. The topological polar surface area (TPSA) is 207 Å². The molecule has 9 rings (SSSR count). The van der Waals surface area contributed by atoms with Crippen LogP contribution >= 0.6 is 0 Å². The first-order chi connectivity index (χ1) is 36.9. The number of hydrogen-bond donors (Lipinski definition) is 5. The van der Waals surface area contributed by atoms with Crippen molar-refractivity contribution in [1.29, 1.82) is 0 Å². The number of aromatic nitrogens is 4. The molecular weight excluding hydrogens is 973 g/mol. The Balaban J connectivity index is 0.990. The van der Waals surface area contributed by atoms with Crippen LogP contribution in [0.1, 0.15) is 132 Å². The number of carbonyl (C=O) groups excluding carboxylic acids is 5. The second kappa shape index (κ2) is 22.8. The van der Waals surface area contributed by atoms with Crippen LogP contribution in [0.4, 0.5) is 21.0 Å². The summed E-state index contributed by atoms with van der Waals surface area (Å²) in [5.74, 6) is 7.65. The molecule has 3 saturated heterocycles. The van der Waals surface area contributed by atoms with E-state index >= 15 is 0 Å². The minimum Gasteiger partial charge on any atom is -0.453 e. The Bertz CT molecular complexity index is 3230. The van der Waals surface area contributed by atoms with Gasteiger partial charge in [-0.3, -0.25) is 14.4 Å². The zero-order chi connectivity index (χ0) is 54.7. The maximum Gasteiger partial charge on any atom is 0.407 e. The number of methoxy groups -OCH3 is 2. The van der Waals surface area contributed by atoms with Crippen LogP contribution in [-0.4, -0.2) is 112 Å². The molecule has 3 fully saturated rings. The smallest absolute Gasteiger partial charge is 0.407 e. The first-order valence-corrected chi connectivity index (χ1v) is 27.0. The zero-order valence-corrected chi connectivity index (χ0v) is 45.7. The van der Waals surface area contributed by atoms with Crippen LogP contribution < -0.4 is 20.9 Å². The number of fused-ring (bicyclic) bond motifs is 2. The van der Waals surface area contributed by atoms with Gasteiger partial charge in [0, 0.05) is 48.7 Å². The fourth-order valence-electron chi connectivity index (χ4n) is 11.1. The highest BCUT2D eigenvalue weighted by atomic mass is 16.5. The number of carbonyl (C=O) groups is 5. The quantitative estimate of drug-likeness (QED) is 0.0733. The van der Waals surface area contributed by atoms with Crippen LogP contribution in [0.25, 0.3) is 33.2 Å². The van der Waals surface area contributed by atoms with E-state index in [4.69, 9.17) is 19.4 Å². The van der Waals surface area contributed by atoms with Crippen LogP contribution in [-0.2, 0) is 19.1 Å². The highest BCUT2D eigenvalue weighted by Gasteiger charge is 2.39. The molecule has 0 aliphatic carbocycles. The molecule has 4 atom stereocenters. The number of rotatable bonds is 12. The molecule has 77 heavy (non-hydrogen) atoms. The lowest BCUT2D eigenvalue weighted by molar-refractivity contribution is -0.136. The molecule has 2 aromatic heterocycles. The van der Waals surface area contributed by atoms with Crippen molar-refractivity contribution in [3.05, 3.63) is 107 Å².